The van der Waals surface area contributed by atoms with E-state index in [4.69, 9.17) is 27.9 Å². The molecule has 21 heavy (non-hydrogen) atoms. The van der Waals surface area contributed by atoms with Gasteiger partial charge in [0, 0.05) is 19.3 Å². The molecule has 0 fully saturated rings. The molecule has 0 unspecified atom stereocenters. The van der Waals surface area contributed by atoms with Crippen LogP contribution in [0.2, 0.25) is 0 Å². The SMILES string of the molecule is CCCCOC(=O)C(=CN(CCC)CCC)C(=O)C(Cl)Cl. The van der Waals surface area contributed by atoms with Crippen molar-refractivity contribution in [2.45, 2.75) is 51.3 Å². The molecule has 0 rings (SSSR count). The normalized spacial score (nSPS) is 11.6. The van der Waals surface area contributed by atoms with Crippen molar-refractivity contribution in [3.63, 3.8) is 0 Å². The molecule has 0 bridgehead atoms. The average Bonchev–Trinajstić information content (AvgIpc) is 2.44. The van der Waals surface area contributed by atoms with Gasteiger partial charge in [0.1, 0.15) is 5.57 Å². The summed E-state index contributed by atoms with van der Waals surface area (Å²) in [5, 5.41) is 0. The van der Waals surface area contributed by atoms with E-state index < -0.39 is 16.6 Å². The van der Waals surface area contributed by atoms with Gasteiger partial charge in [-0.15, -0.1) is 0 Å². The number of unbranched alkanes of at least 4 members (excludes halogenated alkanes) is 1. The standard InChI is InChI=1S/C15H25Cl2NO3/c1-4-7-10-21-15(20)12(13(19)14(16)17)11-18(8-5-2)9-6-3/h11,14H,4-10H2,1-3H3. The van der Waals surface area contributed by atoms with Crippen LogP contribution in [0.4, 0.5) is 0 Å². The lowest BCUT2D eigenvalue weighted by atomic mass is 10.2. The molecule has 4 nitrogen and oxygen atoms in total. The minimum Gasteiger partial charge on any atom is -0.462 e. The number of Topliss-reactive ketones (excluding diaryl/α,β-unsaturated/α-hetero) is 1. The van der Waals surface area contributed by atoms with Crippen LogP contribution in [-0.4, -0.2) is 41.2 Å². The van der Waals surface area contributed by atoms with E-state index in [0.717, 1.165) is 38.8 Å². The molecule has 6 heteroatoms. The number of carbonyl (C=O) groups is 2. The maximum absolute atomic E-state index is 12.1. The van der Waals surface area contributed by atoms with Gasteiger partial charge in [0.05, 0.1) is 6.61 Å². The summed E-state index contributed by atoms with van der Waals surface area (Å²) in [5.41, 5.74) is -0.0806. The molecule has 0 aromatic carbocycles. The molecular formula is C15H25Cl2NO3. The quantitative estimate of drug-likeness (QED) is 0.144. The molecule has 0 aliphatic rings. The van der Waals surface area contributed by atoms with Gasteiger partial charge in [-0.05, 0) is 19.3 Å². The molecular weight excluding hydrogens is 313 g/mol. The van der Waals surface area contributed by atoms with Crippen molar-refractivity contribution in [2.24, 2.45) is 0 Å². The average molecular weight is 338 g/mol. The van der Waals surface area contributed by atoms with Crippen LogP contribution in [0, 0.1) is 0 Å². The third-order valence-electron chi connectivity index (χ3n) is 2.75. The number of nitrogens with zero attached hydrogens (tertiary/aromatic N) is 1. The summed E-state index contributed by atoms with van der Waals surface area (Å²) in [5.74, 6) is -1.27. The Hall–Kier alpha value is -0.740. The summed E-state index contributed by atoms with van der Waals surface area (Å²) in [4.78, 5) is 24.7. The van der Waals surface area contributed by atoms with Gasteiger partial charge in [-0.1, -0.05) is 50.4 Å². The highest BCUT2D eigenvalue weighted by atomic mass is 35.5. The molecule has 0 N–H and O–H groups in total. The highest BCUT2D eigenvalue weighted by molar-refractivity contribution is 6.56. The number of ketones is 1. The smallest absolute Gasteiger partial charge is 0.343 e. The number of hydrogen-bond donors (Lipinski definition) is 0. The lowest BCUT2D eigenvalue weighted by Crippen LogP contribution is -2.26. The number of hydrogen-bond acceptors (Lipinski definition) is 4. The van der Waals surface area contributed by atoms with Gasteiger partial charge in [-0.25, -0.2) is 4.79 Å². The summed E-state index contributed by atoms with van der Waals surface area (Å²) in [6.45, 7) is 7.85. The van der Waals surface area contributed by atoms with E-state index >= 15 is 0 Å². The van der Waals surface area contributed by atoms with Crippen LogP contribution < -0.4 is 0 Å². The maximum Gasteiger partial charge on any atom is 0.343 e. The predicted molar refractivity (Wildman–Crippen MR) is 86.6 cm³/mol. The summed E-state index contributed by atoms with van der Waals surface area (Å²) in [7, 11) is 0. The molecule has 0 amide bonds. The first kappa shape index (κ1) is 20.3. The Morgan fingerprint density at radius 3 is 2.10 bits per heavy atom. The fourth-order valence-corrected chi connectivity index (χ4v) is 1.95. The summed E-state index contributed by atoms with van der Waals surface area (Å²) in [6.07, 6.45) is 5.02. The highest BCUT2D eigenvalue weighted by Gasteiger charge is 2.25. The van der Waals surface area contributed by atoms with Crippen molar-refractivity contribution in [3.8, 4) is 0 Å². The second kappa shape index (κ2) is 11.9. The zero-order chi connectivity index (χ0) is 16.3. The zero-order valence-corrected chi connectivity index (χ0v) is 14.5. The van der Waals surface area contributed by atoms with Gasteiger partial charge >= 0.3 is 5.97 Å². The molecule has 122 valence electrons. The fraction of sp³-hybridized carbons (Fsp3) is 0.733. The molecule has 0 saturated carbocycles. The Morgan fingerprint density at radius 1 is 1.10 bits per heavy atom. The van der Waals surface area contributed by atoms with Crippen molar-refractivity contribution in [1.29, 1.82) is 0 Å². The second-order valence-corrected chi connectivity index (χ2v) is 5.83. The second-order valence-electron chi connectivity index (χ2n) is 4.73. The van der Waals surface area contributed by atoms with E-state index in [1.807, 2.05) is 25.7 Å². The summed E-state index contributed by atoms with van der Waals surface area (Å²) < 4.78 is 5.10. The van der Waals surface area contributed by atoms with E-state index in [1.165, 1.54) is 6.20 Å². The van der Waals surface area contributed by atoms with Crippen LogP contribution in [0.15, 0.2) is 11.8 Å². The minimum absolute atomic E-state index is 0.0806. The molecule has 0 atom stereocenters. The van der Waals surface area contributed by atoms with Crippen LogP contribution in [-0.2, 0) is 14.3 Å². The number of rotatable bonds is 11. The molecule has 0 spiro atoms. The van der Waals surface area contributed by atoms with Crippen molar-refractivity contribution >= 4 is 35.0 Å². The van der Waals surface area contributed by atoms with E-state index in [0.29, 0.717) is 0 Å². The van der Waals surface area contributed by atoms with E-state index in [9.17, 15) is 9.59 Å². The topological polar surface area (TPSA) is 46.6 Å². The minimum atomic E-state index is -1.26. The number of ether oxygens (including phenoxy) is 1. The number of carbonyl (C=O) groups excluding carboxylic acids is 2. The first-order chi connectivity index (χ1) is 9.97. The van der Waals surface area contributed by atoms with Crippen molar-refractivity contribution in [1.82, 2.24) is 4.90 Å². The maximum atomic E-state index is 12.1. The van der Waals surface area contributed by atoms with Crippen molar-refractivity contribution in [3.05, 3.63) is 11.8 Å². The van der Waals surface area contributed by atoms with Gasteiger partial charge in [0.25, 0.3) is 0 Å². The molecule has 0 saturated heterocycles. The number of esters is 1. The molecule has 0 aromatic heterocycles. The van der Waals surface area contributed by atoms with Gasteiger partial charge in [0.2, 0.25) is 5.78 Å². The van der Waals surface area contributed by atoms with E-state index in [1.54, 1.807) is 0 Å². The van der Waals surface area contributed by atoms with Crippen LogP contribution in [0.1, 0.15) is 46.5 Å². The van der Waals surface area contributed by atoms with Crippen LogP contribution in [0.25, 0.3) is 0 Å². The van der Waals surface area contributed by atoms with Crippen LogP contribution >= 0.6 is 23.2 Å². The van der Waals surface area contributed by atoms with Crippen molar-refractivity contribution < 1.29 is 14.3 Å². The van der Waals surface area contributed by atoms with E-state index in [2.05, 4.69) is 0 Å². The molecule has 0 radical (unpaired) electrons. The Labute approximate surface area is 137 Å². The van der Waals surface area contributed by atoms with Gasteiger partial charge < -0.3 is 9.64 Å². The van der Waals surface area contributed by atoms with Crippen LogP contribution in [0.5, 0.6) is 0 Å². The predicted octanol–water partition coefficient (Wildman–Crippen LogP) is 3.71. The monoisotopic (exact) mass is 337 g/mol. The lowest BCUT2D eigenvalue weighted by Gasteiger charge is -2.20. The summed E-state index contributed by atoms with van der Waals surface area (Å²) in [6, 6.07) is 0. The molecule has 0 heterocycles. The first-order valence-corrected chi connectivity index (χ1v) is 8.30. The number of halogens is 2. The Bertz CT molecular complexity index is 351. The van der Waals surface area contributed by atoms with Gasteiger partial charge in [-0.3, -0.25) is 4.79 Å². The largest absolute Gasteiger partial charge is 0.462 e. The number of alkyl halides is 2. The van der Waals surface area contributed by atoms with Crippen molar-refractivity contribution in [2.75, 3.05) is 19.7 Å². The molecule has 0 aliphatic heterocycles. The third kappa shape index (κ3) is 8.32. The van der Waals surface area contributed by atoms with Gasteiger partial charge in [0.15, 0.2) is 4.84 Å². The first-order valence-electron chi connectivity index (χ1n) is 7.43. The zero-order valence-electron chi connectivity index (χ0n) is 13.0. The Kier molecular flexibility index (Phi) is 11.5. The molecule has 0 aliphatic carbocycles. The van der Waals surface area contributed by atoms with Crippen LogP contribution in [0.3, 0.4) is 0 Å². The highest BCUT2D eigenvalue weighted by Crippen LogP contribution is 2.14. The Morgan fingerprint density at radius 2 is 1.67 bits per heavy atom. The Balaban J connectivity index is 5.09. The third-order valence-corrected chi connectivity index (χ3v) is 3.14. The van der Waals surface area contributed by atoms with E-state index in [-0.39, 0.29) is 12.2 Å². The molecule has 0 aromatic rings. The van der Waals surface area contributed by atoms with Gasteiger partial charge in [-0.2, -0.15) is 0 Å². The lowest BCUT2D eigenvalue weighted by molar-refractivity contribution is -0.140. The fourth-order valence-electron chi connectivity index (χ4n) is 1.72. The summed E-state index contributed by atoms with van der Waals surface area (Å²) >= 11 is 11.2.